The molecular weight excluding hydrogens is 249 g/mol. The van der Waals surface area contributed by atoms with Gasteiger partial charge in [-0.05, 0) is 25.5 Å². The first-order chi connectivity index (χ1) is 8.31. The maximum atomic E-state index is 12.1. The third kappa shape index (κ3) is 4.65. The summed E-state index contributed by atoms with van der Waals surface area (Å²) in [7, 11) is 0. The smallest absolute Gasteiger partial charge is 0.493 e. The highest BCUT2D eigenvalue weighted by molar-refractivity contribution is 5.94. The minimum absolute atomic E-state index is 0.114. The number of hydrogen-bond donors (Lipinski definition) is 0. The summed E-state index contributed by atoms with van der Waals surface area (Å²) < 4.78 is 45.3. The summed E-state index contributed by atoms with van der Waals surface area (Å²) in [5.41, 5.74) is 0.114. The fourth-order valence-electron chi connectivity index (χ4n) is 1.27. The number of hydrogen-bond acceptors (Lipinski definition) is 3. The highest BCUT2D eigenvalue weighted by atomic mass is 19.4. The largest absolute Gasteiger partial charge is 0.573 e. The topological polar surface area (TPSA) is 35.5 Å². The van der Waals surface area contributed by atoms with E-state index in [1.807, 2.05) is 6.92 Å². The van der Waals surface area contributed by atoms with E-state index in [4.69, 9.17) is 4.74 Å². The van der Waals surface area contributed by atoms with E-state index >= 15 is 0 Å². The van der Waals surface area contributed by atoms with Crippen molar-refractivity contribution in [3.63, 3.8) is 0 Å². The summed E-state index contributed by atoms with van der Waals surface area (Å²) in [5, 5.41) is 0. The van der Waals surface area contributed by atoms with E-state index in [0.717, 1.165) is 12.1 Å². The van der Waals surface area contributed by atoms with E-state index in [1.165, 1.54) is 13.0 Å². The van der Waals surface area contributed by atoms with Gasteiger partial charge in [0.05, 0.1) is 6.61 Å². The quantitative estimate of drug-likeness (QED) is 0.761. The minimum atomic E-state index is -4.79. The molecule has 1 aromatic rings. The van der Waals surface area contributed by atoms with Gasteiger partial charge in [-0.2, -0.15) is 0 Å². The molecule has 3 nitrogen and oxygen atoms in total. The van der Waals surface area contributed by atoms with E-state index in [2.05, 4.69) is 4.74 Å². The molecule has 0 saturated heterocycles. The third-order valence-electron chi connectivity index (χ3n) is 1.99. The van der Waals surface area contributed by atoms with Crippen LogP contribution in [0.2, 0.25) is 0 Å². The monoisotopic (exact) mass is 262 g/mol. The van der Waals surface area contributed by atoms with Crippen molar-refractivity contribution in [2.75, 3.05) is 6.61 Å². The van der Waals surface area contributed by atoms with Gasteiger partial charge in [0.25, 0.3) is 0 Å². The van der Waals surface area contributed by atoms with Crippen LogP contribution in [0.1, 0.15) is 30.6 Å². The van der Waals surface area contributed by atoms with Gasteiger partial charge < -0.3 is 9.47 Å². The van der Waals surface area contributed by atoms with Gasteiger partial charge in [0.2, 0.25) is 0 Å². The average Bonchev–Trinajstić information content (AvgIpc) is 2.23. The van der Waals surface area contributed by atoms with Gasteiger partial charge in [-0.1, -0.05) is 6.92 Å². The summed E-state index contributed by atoms with van der Waals surface area (Å²) >= 11 is 0. The van der Waals surface area contributed by atoms with Gasteiger partial charge in [-0.3, -0.25) is 4.79 Å². The molecule has 0 aromatic heterocycles. The molecule has 18 heavy (non-hydrogen) atoms. The van der Waals surface area contributed by atoms with Crippen molar-refractivity contribution in [3.8, 4) is 11.5 Å². The Balaban J connectivity index is 3.02. The normalized spacial score (nSPS) is 11.2. The lowest BCUT2D eigenvalue weighted by atomic mass is 10.1. The lowest BCUT2D eigenvalue weighted by Gasteiger charge is -2.12. The first kappa shape index (κ1) is 14.3. The molecule has 0 amide bonds. The standard InChI is InChI=1S/C12H13F3O3/c1-3-4-17-10-5-9(8(2)16)6-11(7-10)18-12(13,14)15/h5-7H,3-4H2,1-2H3. The molecule has 0 aliphatic heterocycles. The van der Waals surface area contributed by atoms with Crippen LogP contribution >= 0.6 is 0 Å². The molecule has 0 fully saturated rings. The number of Topliss-reactive ketones (excluding diaryl/α,β-unsaturated/α-hetero) is 1. The Morgan fingerprint density at radius 1 is 1.22 bits per heavy atom. The molecule has 0 aliphatic rings. The Hall–Kier alpha value is -1.72. The van der Waals surface area contributed by atoms with Crippen LogP contribution in [0.5, 0.6) is 11.5 Å². The van der Waals surface area contributed by atoms with E-state index in [0.29, 0.717) is 13.0 Å². The Bertz CT molecular complexity index is 427. The number of carbonyl (C=O) groups is 1. The number of alkyl halides is 3. The van der Waals surface area contributed by atoms with Crippen LogP contribution in [0.4, 0.5) is 13.2 Å². The number of rotatable bonds is 5. The molecule has 0 N–H and O–H groups in total. The number of ether oxygens (including phenoxy) is 2. The van der Waals surface area contributed by atoms with E-state index in [1.54, 1.807) is 0 Å². The molecule has 1 rings (SSSR count). The van der Waals surface area contributed by atoms with Gasteiger partial charge in [0, 0.05) is 11.6 Å². The van der Waals surface area contributed by atoms with Crippen LogP contribution in [0, 0.1) is 0 Å². The summed E-state index contributed by atoms with van der Waals surface area (Å²) in [6.45, 7) is 3.48. The Morgan fingerprint density at radius 3 is 2.33 bits per heavy atom. The number of carbonyl (C=O) groups excluding carboxylic acids is 1. The number of halogens is 3. The Kier molecular flexibility index (Phi) is 4.58. The van der Waals surface area contributed by atoms with E-state index in [-0.39, 0.29) is 17.1 Å². The lowest BCUT2D eigenvalue weighted by molar-refractivity contribution is -0.274. The second-order valence-electron chi connectivity index (χ2n) is 3.65. The fraction of sp³-hybridized carbons (Fsp3) is 0.417. The van der Waals surface area contributed by atoms with Crippen molar-refractivity contribution in [1.29, 1.82) is 0 Å². The van der Waals surface area contributed by atoms with Crippen molar-refractivity contribution in [3.05, 3.63) is 23.8 Å². The molecule has 1 aromatic carbocycles. The van der Waals surface area contributed by atoms with Crippen LogP contribution in [0.25, 0.3) is 0 Å². The van der Waals surface area contributed by atoms with Crippen molar-refractivity contribution >= 4 is 5.78 Å². The SMILES string of the molecule is CCCOc1cc(OC(F)(F)F)cc(C(C)=O)c1. The third-order valence-corrected chi connectivity index (χ3v) is 1.99. The van der Waals surface area contributed by atoms with Gasteiger partial charge >= 0.3 is 6.36 Å². The summed E-state index contributed by atoms with van der Waals surface area (Å²) in [6.07, 6.45) is -4.09. The van der Waals surface area contributed by atoms with Crippen LogP contribution in [0.3, 0.4) is 0 Å². The van der Waals surface area contributed by atoms with Gasteiger partial charge in [-0.15, -0.1) is 13.2 Å². The summed E-state index contributed by atoms with van der Waals surface area (Å²) in [5.74, 6) is -0.630. The summed E-state index contributed by atoms with van der Waals surface area (Å²) in [6, 6.07) is 3.53. The zero-order valence-corrected chi connectivity index (χ0v) is 10.0. The highest BCUT2D eigenvalue weighted by Gasteiger charge is 2.31. The Labute approximate surface area is 103 Å². The van der Waals surface area contributed by atoms with Crippen LogP contribution < -0.4 is 9.47 Å². The predicted octanol–water partition coefficient (Wildman–Crippen LogP) is 3.58. The first-order valence-electron chi connectivity index (χ1n) is 5.36. The van der Waals surface area contributed by atoms with Crippen molar-refractivity contribution < 1.29 is 27.4 Å². The number of ketones is 1. The first-order valence-corrected chi connectivity index (χ1v) is 5.36. The molecular formula is C12H13F3O3. The zero-order valence-electron chi connectivity index (χ0n) is 10.0. The van der Waals surface area contributed by atoms with Crippen molar-refractivity contribution in [2.45, 2.75) is 26.6 Å². The predicted molar refractivity (Wildman–Crippen MR) is 58.9 cm³/mol. The maximum absolute atomic E-state index is 12.1. The molecule has 0 heterocycles. The molecule has 0 aliphatic carbocycles. The maximum Gasteiger partial charge on any atom is 0.573 e. The van der Waals surface area contributed by atoms with E-state index in [9.17, 15) is 18.0 Å². The molecule has 6 heteroatoms. The summed E-state index contributed by atoms with van der Waals surface area (Å²) in [4.78, 5) is 11.2. The average molecular weight is 262 g/mol. The molecule has 0 atom stereocenters. The molecule has 0 unspecified atom stereocenters. The van der Waals surface area contributed by atoms with Crippen LogP contribution in [-0.2, 0) is 0 Å². The molecule has 0 saturated carbocycles. The van der Waals surface area contributed by atoms with Crippen LogP contribution in [0.15, 0.2) is 18.2 Å². The van der Waals surface area contributed by atoms with Crippen molar-refractivity contribution in [1.82, 2.24) is 0 Å². The van der Waals surface area contributed by atoms with Crippen LogP contribution in [-0.4, -0.2) is 18.8 Å². The van der Waals surface area contributed by atoms with Gasteiger partial charge in [-0.25, -0.2) is 0 Å². The molecule has 0 bridgehead atoms. The zero-order chi connectivity index (χ0) is 13.8. The Morgan fingerprint density at radius 2 is 1.83 bits per heavy atom. The van der Waals surface area contributed by atoms with Crippen molar-refractivity contribution in [2.24, 2.45) is 0 Å². The highest BCUT2D eigenvalue weighted by Crippen LogP contribution is 2.28. The second-order valence-corrected chi connectivity index (χ2v) is 3.65. The second kappa shape index (κ2) is 5.75. The fourth-order valence-corrected chi connectivity index (χ4v) is 1.27. The molecule has 0 radical (unpaired) electrons. The van der Waals surface area contributed by atoms with Gasteiger partial charge in [0.1, 0.15) is 11.5 Å². The number of benzene rings is 1. The van der Waals surface area contributed by atoms with Gasteiger partial charge in [0.15, 0.2) is 5.78 Å². The lowest BCUT2D eigenvalue weighted by Crippen LogP contribution is -2.17. The van der Waals surface area contributed by atoms with E-state index < -0.39 is 12.1 Å². The minimum Gasteiger partial charge on any atom is -0.493 e. The molecule has 100 valence electrons. The molecule has 0 spiro atoms.